The van der Waals surface area contributed by atoms with Gasteiger partial charge in [0, 0.05) is 36.3 Å². The van der Waals surface area contributed by atoms with Crippen molar-refractivity contribution in [3.63, 3.8) is 0 Å². The van der Waals surface area contributed by atoms with Crippen LogP contribution in [0.25, 0.3) is 0 Å². The fraction of sp³-hybridized carbons (Fsp3) is 0.538. The number of nitrogens with zero attached hydrogens (tertiary/aromatic N) is 3. The molecule has 2 heterocycles. The van der Waals surface area contributed by atoms with Crippen molar-refractivity contribution in [1.29, 1.82) is 0 Å². The van der Waals surface area contributed by atoms with E-state index in [1.165, 1.54) is 0 Å². The number of carboxylic acid groups (broad SMARTS) is 1. The SMILES string of the molecule is CCC1CN(c2ncc(Br)cc2C(=O)O)CCN1C. The van der Waals surface area contributed by atoms with Gasteiger partial charge in [0.25, 0.3) is 0 Å². The molecule has 104 valence electrons. The first-order chi connectivity index (χ1) is 9.02. The molecule has 5 nitrogen and oxygen atoms in total. The monoisotopic (exact) mass is 327 g/mol. The lowest BCUT2D eigenvalue weighted by Crippen LogP contribution is -2.51. The minimum Gasteiger partial charge on any atom is -0.478 e. The predicted octanol–water partition coefficient (Wildman–Crippen LogP) is 2.07. The van der Waals surface area contributed by atoms with Gasteiger partial charge in [-0.2, -0.15) is 0 Å². The molecule has 1 aromatic heterocycles. The normalized spacial score (nSPS) is 20.6. The lowest BCUT2D eigenvalue weighted by Gasteiger charge is -2.40. The summed E-state index contributed by atoms with van der Waals surface area (Å²) in [6.07, 6.45) is 2.70. The number of carboxylic acids is 1. The van der Waals surface area contributed by atoms with Crippen LogP contribution in [-0.2, 0) is 0 Å². The first-order valence-corrected chi connectivity index (χ1v) is 7.16. The van der Waals surface area contributed by atoms with Crippen LogP contribution >= 0.6 is 15.9 Å². The van der Waals surface area contributed by atoms with Crippen LogP contribution in [0.1, 0.15) is 23.7 Å². The van der Waals surface area contributed by atoms with E-state index >= 15 is 0 Å². The van der Waals surface area contributed by atoms with Crippen molar-refractivity contribution >= 4 is 27.7 Å². The van der Waals surface area contributed by atoms with Crippen molar-refractivity contribution < 1.29 is 9.90 Å². The molecular weight excluding hydrogens is 310 g/mol. The van der Waals surface area contributed by atoms with Crippen molar-refractivity contribution in [2.75, 3.05) is 31.6 Å². The second-order valence-electron chi connectivity index (χ2n) is 4.82. The van der Waals surface area contributed by atoms with E-state index in [0.29, 0.717) is 16.3 Å². The van der Waals surface area contributed by atoms with Gasteiger partial charge in [0.1, 0.15) is 11.4 Å². The highest BCUT2D eigenvalue weighted by molar-refractivity contribution is 9.10. The van der Waals surface area contributed by atoms with Gasteiger partial charge in [-0.05, 0) is 35.5 Å². The molecule has 2 rings (SSSR count). The van der Waals surface area contributed by atoms with Crippen molar-refractivity contribution in [3.8, 4) is 0 Å². The zero-order valence-electron chi connectivity index (χ0n) is 11.1. The topological polar surface area (TPSA) is 56.7 Å². The van der Waals surface area contributed by atoms with E-state index in [0.717, 1.165) is 26.1 Å². The molecule has 1 aromatic rings. The molecule has 0 spiro atoms. The lowest BCUT2D eigenvalue weighted by atomic mass is 10.1. The molecule has 0 aromatic carbocycles. The average Bonchev–Trinajstić information content (AvgIpc) is 2.39. The molecule has 0 saturated carbocycles. The van der Waals surface area contributed by atoms with Gasteiger partial charge >= 0.3 is 5.97 Å². The first kappa shape index (κ1) is 14.3. The smallest absolute Gasteiger partial charge is 0.339 e. The van der Waals surface area contributed by atoms with E-state index in [9.17, 15) is 9.90 Å². The van der Waals surface area contributed by atoms with Crippen LogP contribution in [-0.4, -0.2) is 53.7 Å². The largest absolute Gasteiger partial charge is 0.478 e. The Kier molecular flexibility index (Phi) is 4.42. The van der Waals surface area contributed by atoms with Crippen molar-refractivity contribution in [1.82, 2.24) is 9.88 Å². The third-order valence-corrected chi connectivity index (χ3v) is 4.05. The van der Waals surface area contributed by atoms with E-state index in [4.69, 9.17) is 0 Å². The number of aromatic carboxylic acids is 1. The molecule has 0 aliphatic carbocycles. The summed E-state index contributed by atoms with van der Waals surface area (Å²) in [6.45, 7) is 4.71. The number of halogens is 1. The lowest BCUT2D eigenvalue weighted by molar-refractivity contribution is 0.0696. The number of hydrogen-bond donors (Lipinski definition) is 1. The quantitative estimate of drug-likeness (QED) is 0.921. The highest BCUT2D eigenvalue weighted by Crippen LogP contribution is 2.24. The third kappa shape index (κ3) is 3.06. The fourth-order valence-electron chi connectivity index (χ4n) is 2.42. The molecule has 0 radical (unpaired) electrons. The van der Waals surface area contributed by atoms with Gasteiger partial charge in [0.05, 0.1) is 0 Å². The Labute approximate surface area is 121 Å². The molecule has 0 amide bonds. The predicted molar refractivity (Wildman–Crippen MR) is 77.8 cm³/mol. The molecule has 0 bridgehead atoms. The summed E-state index contributed by atoms with van der Waals surface area (Å²) < 4.78 is 0.690. The molecule has 1 atom stereocenters. The Hall–Kier alpha value is -1.14. The van der Waals surface area contributed by atoms with Gasteiger partial charge in [-0.15, -0.1) is 0 Å². The number of pyridine rings is 1. The second-order valence-corrected chi connectivity index (χ2v) is 5.73. The van der Waals surface area contributed by atoms with Gasteiger partial charge in [-0.1, -0.05) is 6.92 Å². The van der Waals surface area contributed by atoms with Crippen molar-refractivity contribution in [3.05, 3.63) is 22.3 Å². The summed E-state index contributed by atoms with van der Waals surface area (Å²) in [6, 6.07) is 2.06. The number of aromatic nitrogens is 1. The highest BCUT2D eigenvalue weighted by Gasteiger charge is 2.26. The first-order valence-electron chi connectivity index (χ1n) is 6.37. The van der Waals surface area contributed by atoms with E-state index in [-0.39, 0.29) is 5.56 Å². The van der Waals surface area contributed by atoms with Gasteiger partial charge in [-0.3, -0.25) is 4.90 Å². The van der Waals surface area contributed by atoms with Crippen molar-refractivity contribution in [2.45, 2.75) is 19.4 Å². The Morgan fingerprint density at radius 3 is 2.95 bits per heavy atom. The number of rotatable bonds is 3. The minimum atomic E-state index is -0.934. The number of hydrogen-bond acceptors (Lipinski definition) is 4. The molecule has 6 heteroatoms. The Morgan fingerprint density at radius 1 is 1.58 bits per heavy atom. The Balaban J connectivity index is 2.29. The number of carbonyl (C=O) groups is 1. The maximum atomic E-state index is 11.3. The Morgan fingerprint density at radius 2 is 2.32 bits per heavy atom. The van der Waals surface area contributed by atoms with E-state index in [2.05, 4.69) is 44.7 Å². The van der Waals surface area contributed by atoms with Gasteiger partial charge in [0.2, 0.25) is 0 Å². The average molecular weight is 328 g/mol. The number of anilines is 1. The molecule has 19 heavy (non-hydrogen) atoms. The van der Waals surface area contributed by atoms with E-state index < -0.39 is 5.97 Å². The molecule has 1 fully saturated rings. The molecule has 1 saturated heterocycles. The summed E-state index contributed by atoms with van der Waals surface area (Å²) in [7, 11) is 2.11. The van der Waals surface area contributed by atoms with Crippen LogP contribution in [0, 0.1) is 0 Å². The minimum absolute atomic E-state index is 0.258. The summed E-state index contributed by atoms with van der Waals surface area (Å²) in [5, 5.41) is 9.30. The zero-order valence-corrected chi connectivity index (χ0v) is 12.7. The van der Waals surface area contributed by atoms with Crippen LogP contribution < -0.4 is 4.90 Å². The standard InChI is InChI=1S/C13H18BrN3O2/c1-3-10-8-17(5-4-16(10)2)12-11(13(18)19)6-9(14)7-15-12/h6-7,10H,3-5,8H2,1-2H3,(H,18,19). The van der Waals surface area contributed by atoms with Crippen LogP contribution in [0.3, 0.4) is 0 Å². The highest BCUT2D eigenvalue weighted by atomic mass is 79.9. The molecule has 1 aliphatic heterocycles. The van der Waals surface area contributed by atoms with Crippen LogP contribution in [0.2, 0.25) is 0 Å². The fourth-order valence-corrected chi connectivity index (χ4v) is 2.75. The summed E-state index contributed by atoms with van der Waals surface area (Å²) in [4.78, 5) is 20.0. The summed E-state index contributed by atoms with van der Waals surface area (Å²) in [5.41, 5.74) is 0.258. The molecular formula is C13H18BrN3O2. The maximum absolute atomic E-state index is 11.3. The molecule has 1 N–H and O–H groups in total. The summed E-state index contributed by atoms with van der Waals surface area (Å²) in [5.74, 6) is -0.363. The third-order valence-electron chi connectivity index (χ3n) is 3.61. The second kappa shape index (κ2) is 5.88. The van der Waals surface area contributed by atoms with Gasteiger partial charge < -0.3 is 10.0 Å². The Bertz CT molecular complexity index is 481. The molecule has 1 aliphatic rings. The number of likely N-dealkylation sites (N-methyl/N-ethyl adjacent to an activating group) is 1. The van der Waals surface area contributed by atoms with Crippen LogP contribution in [0.5, 0.6) is 0 Å². The molecule has 1 unspecified atom stereocenters. The van der Waals surface area contributed by atoms with E-state index in [1.54, 1.807) is 12.3 Å². The zero-order chi connectivity index (χ0) is 14.0. The number of piperazine rings is 1. The van der Waals surface area contributed by atoms with Gasteiger partial charge in [0.15, 0.2) is 0 Å². The van der Waals surface area contributed by atoms with Crippen LogP contribution in [0.15, 0.2) is 16.7 Å². The maximum Gasteiger partial charge on any atom is 0.339 e. The van der Waals surface area contributed by atoms with Crippen molar-refractivity contribution in [2.24, 2.45) is 0 Å². The summed E-state index contributed by atoms with van der Waals surface area (Å²) >= 11 is 3.27. The van der Waals surface area contributed by atoms with Crippen LogP contribution in [0.4, 0.5) is 5.82 Å². The van der Waals surface area contributed by atoms with Gasteiger partial charge in [-0.25, -0.2) is 9.78 Å². The van der Waals surface area contributed by atoms with E-state index in [1.807, 2.05) is 0 Å².